The molecule has 1 nitrogen and oxygen atoms in total. The SMILES string of the molecule is C=C(C)C1(O)C=CC(C(C)(C)C)CC1. The lowest BCUT2D eigenvalue weighted by Crippen LogP contribution is -2.33. The zero-order valence-electron chi connectivity index (χ0n) is 9.80. The van der Waals surface area contributed by atoms with Crippen LogP contribution in [0.2, 0.25) is 0 Å². The highest BCUT2D eigenvalue weighted by atomic mass is 16.3. The van der Waals surface area contributed by atoms with Crippen LogP contribution in [0.25, 0.3) is 0 Å². The van der Waals surface area contributed by atoms with Gasteiger partial charge in [-0.25, -0.2) is 0 Å². The van der Waals surface area contributed by atoms with Gasteiger partial charge in [0.15, 0.2) is 0 Å². The molecule has 1 heteroatoms. The van der Waals surface area contributed by atoms with Gasteiger partial charge in [-0.2, -0.15) is 0 Å². The molecule has 0 aromatic heterocycles. The Morgan fingerprint density at radius 1 is 1.50 bits per heavy atom. The van der Waals surface area contributed by atoms with Crippen LogP contribution in [0.5, 0.6) is 0 Å². The van der Waals surface area contributed by atoms with Crippen molar-refractivity contribution in [2.75, 3.05) is 0 Å². The third-order valence-electron chi connectivity index (χ3n) is 3.29. The minimum atomic E-state index is -0.748. The van der Waals surface area contributed by atoms with Gasteiger partial charge in [0.05, 0.1) is 0 Å². The van der Waals surface area contributed by atoms with E-state index in [1.54, 1.807) is 0 Å². The van der Waals surface area contributed by atoms with E-state index in [1.807, 2.05) is 13.0 Å². The summed E-state index contributed by atoms with van der Waals surface area (Å²) in [6, 6.07) is 0. The van der Waals surface area contributed by atoms with E-state index in [1.165, 1.54) is 0 Å². The highest BCUT2D eigenvalue weighted by molar-refractivity contribution is 5.23. The molecule has 0 fully saturated rings. The summed E-state index contributed by atoms with van der Waals surface area (Å²) in [6.45, 7) is 12.5. The number of hydrogen-bond acceptors (Lipinski definition) is 1. The Balaban J connectivity index is 2.79. The molecule has 1 rings (SSSR count). The van der Waals surface area contributed by atoms with E-state index in [-0.39, 0.29) is 0 Å². The fourth-order valence-electron chi connectivity index (χ4n) is 1.91. The largest absolute Gasteiger partial charge is 0.381 e. The van der Waals surface area contributed by atoms with E-state index < -0.39 is 5.60 Å². The zero-order valence-corrected chi connectivity index (χ0v) is 9.80. The molecule has 0 spiro atoms. The van der Waals surface area contributed by atoms with Crippen LogP contribution >= 0.6 is 0 Å². The third kappa shape index (κ3) is 2.27. The Morgan fingerprint density at radius 2 is 2.07 bits per heavy atom. The minimum absolute atomic E-state index is 0.299. The summed E-state index contributed by atoms with van der Waals surface area (Å²) in [5.74, 6) is 0.571. The normalized spacial score (nSPS) is 33.1. The van der Waals surface area contributed by atoms with Crippen molar-refractivity contribution in [3.63, 3.8) is 0 Å². The monoisotopic (exact) mass is 194 g/mol. The first kappa shape index (κ1) is 11.5. The molecule has 0 heterocycles. The predicted molar refractivity (Wildman–Crippen MR) is 61.1 cm³/mol. The molecule has 2 atom stereocenters. The van der Waals surface area contributed by atoms with Crippen molar-refractivity contribution in [3.05, 3.63) is 24.3 Å². The molecule has 0 saturated carbocycles. The van der Waals surface area contributed by atoms with Crippen LogP contribution in [0.3, 0.4) is 0 Å². The Labute approximate surface area is 87.5 Å². The average Bonchev–Trinajstić information content (AvgIpc) is 2.03. The molecule has 0 radical (unpaired) electrons. The van der Waals surface area contributed by atoms with Crippen LogP contribution in [0, 0.1) is 11.3 Å². The molecule has 0 aliphatic heterocycles. The molecule has 1 N–H and O–H groups in total. The maximum Gasteiger partial charge on any atom is 0.103 e. The summed E-state index contributed by atoms with van der Waals surface area (Å²) < 4.78 is 0. The molecular formula is C13H22O. The van der Waals surface area contributed by atoms with Gasteiger partial charge < -0.3 is 5.11 Å². The maximum absolute atomic E-state index is 10.1. The molecule has 14 heavy (non-hydrogen) atoms. The topological polar surface area (TPSA) is 20.2 Å². The minimum Gasteiger partial charge on any atom is -0.381 e. The van der Waals surface area contributed by atoms with Gasteiger partial charge in [0.25, 0.3) is 0 Å². The van der Waals surface area contributed by atoms with E-state index in [0.717, 1.165) is 18.4 Å². The summed E-state index contributed by atoms with van der Waals surface area (Å²) in [4.78, 5) is 0. The van der Waals surface area contributed by atoms with Gasteiger partial charge >= 0.3 is 0 Å². The van der Waals surface area contributed by atoms with Gasteiger partial charge in [-0.3, -0.25) is 0 Å². The number of allylic oxidation sites excluding steroid dienone is 1. The summed E-state index contributed by atoms with van der Waals surface area (Å²) in [7, 11) is 0. The van der Waals surface area contributed by atoms with E-state index in [2.05, 4.69) is 33.4 Å². The van der Waals surface area contributed by atoms with Crippen LogP contribution in [0.1, 0.15) is 40.5 Å². The lowest BCUT2D eigenvalue weighted by Gasteiger charge is -2.37. The van der Waals surface area contributed by atoms with E-state index >= 15 is 0 Å². The zero-order chi connectivity index (χ0) is 11.0. The molecule has 0 aromatic rings. The van der Waals surface area contributed by atoms with Gasteiger partial charge in [0.1, 0.15) is 5.60 Å². The second-order valence-corrected chi connectivity index (χ2v) is 5.57. The number of rotatable bonds is 1. The van der Waals surface area contributed by atoms with Gasteiger partial charge in [-0.1, -0.05) is 39.5 Å². The first-order valence-electron chi connectivity index (χ1n) is 5.33. The van der Waals surface area contributed by atoms with E-state index in [4.69, 9.17) is 0 Å². The van der Waals surface area contributed by atoms with Crippen LogP contribution < -0.4 is 0 Å². The van der Waals surface area contributed by atoms with Crippen LogP contribution in [0.4, 0.5) is 0 Å². The summed E-state index contributed by atoms with van der Waals surface area (Å²) in [5.41, 5.74) is 0.399. The van der Waals surface area contributed by atoms with Gasteiger partial charge in [0, 0.05) is 0 Å². The lowest BCUT2D eigenvalue weighted by atomic mass is 9.71. The molecule has 0 bridgehead atoms. The summed E-state index contributed by atoms with van der Waals surface area (Å²) in [5, 5.41) is 10.1. The number of aliphatic hydroxyl groups is 1. The van der Waals surface area contributed by atoms with E-state index in [9.17, 15) is 5.11 Å². The Bertz CT molecular complexity index is 257. The second-order valence-electron chi connectivity index (χ2n) is 5.57. The molecule has 1 aliphatic carbocycles. The smallest absolute Gasteiger partial charge is 0.103 e. The average molecular weight is 194 g/mol. The molecular weight excluding hydrogens is 172 g/mol. The highest BCUT2D eigenvalue weighted by Crippen LogP contribution is 2.38. The second kappa shape index (κ2) is 3.54. The van der Waals surface area contributed by atoms with E-state index in [0.29, 0.717) is 11.3 Å². The first-order valence-corrected chi connectivity index (χ1v) is 5.33. The summed E-state index contributed by atoms with van der Waals surface area (Å²) in [6.07, 6.45) is 5.93. The Kier molecular flexibility index (Phi) is 2.91. The Hall–Kier alpha value is -0.560. The molecule has 0 saturated heterocycles. The molecule has 2 unspecified atom stereocenters. The summed E-state index contributed by atoms with van der Waals surface area (Å²) >= 11 is 0. The third-order valence-corrected chi connectivity index (χ3v) is 3.29. The molecule has 0 amide bonds. The predicted octanol–water partition coefficient (Wildman–Crippen LogP) is 3.31. The van der Waals surface area contributed by atoms with Crippen molar-refractivity contribution in [1.82, 2.24) is 0 Å². The van der Waals surface area contributed by atoms with Crippen molar-refractivity contribution >= 4 is 0 Å². The number of hydrogen-bond donors (Lipinski definition) is 1. The van der Waals surface area contributed by atoms with Gasteiger partial charge in [-0.15, -0.1) is 0 Å². The molecule has 1 aliphatic rings. The van der Waals surface area contributed by atoms with Crippen molar-refractivity contribution in [2.24, 2.45) is 11.3 Å². The van der Waals surface area contributed by atoms with Crippen molar-refractivity contribution in [2.45, 2.75) is 46.1 Å². The first-order chi connectivity index (χ1) is 6.26. The Morgan fingerprint density at radius 3 is 2.36 bits per heavy atom. The standard InChI is InChI=1S/C13H22O/c1-10(2)13(14)8-6-11(7-9-13)12(3,4)5/h6,8,11,14H,1,7,9H2,2-5H3. The van der Waals surface area contributed by atoms with Crippen LogP contribution in [0.15, 0.2) is 24.3 Å². The molecule has 0 aromatic carbocycles. The quantitative estimate of drug-likeness (QED) is 0.635. The van der Waals surface area contributed by atoms with Crippen LogP contribution in [-0.4, -0.2) is 10.7 Å². The van der Waals surface area contributed by atoms with Crippen molar-refractivity contribution in [1.29, 1.82) is 0 Å². The lowest BCUT2D eigenvalue weighted by molar-refractivity contribution is 0.0929. The van der Waals surface area contributed by atoms with Gasteiger partial charge in [0.2, 0.25) is 0 Å². The highest BCUT2D eigenvalue weighted by Gasteiger charge is 2.33. The van der Waals surface area contributed by atoms with Crippen LogP contribution in [-0.2, 0) is 0 Å². The maximum atomic E-state index is 10.1. The fourth-order valence-corrected chi connectivity index (χ4v) is 1.91. The van der Waals surface area contributed by atoms with Crippen molar-refractivity contribution < 1.29 is 5.11 Å². The van der Waals surface area contributed by atoms with Crippen molar-refractivity contribution in [3.8, 4) is 0 Å². The van der Waals surface area contributed by atoms with Gasteiger partial charge in [-0.05, 0) is 36.7 Å². The fraction of sp³-hybridized carbons (Fsp3) is 0.692. The molecule has 80 valence electrons.